The Morgan fingerprint density at radius 2 is 2.44 bits per heavy atom. The van der Waals surface area contributed by atoms with E-state index in [9.17, 15) is 4.79 Å². The fourth-order valence-corrected chi connectivity index (χ4v) is 1.57. The molecule has 0 saturated heterocycles. The lowest BCUT2D eigenvalue weighted by atomic mass is 10.3. The molecule has 0 amide bonds. The number of aromatic nitrogens is 2. The van der Waals surface area contributed by atoms with Gasteiger partial charge in [-0.1, -0.05) is 12.2 Å². The highest BCUT2D eigenvalue weighted by atomic mass is 16.1. The number of anilines is 1. The van der Waals surface area contributed by atoms with E-state index in [0.29, 0.717) is 11.7 Å². The van der Waals surface area contributed by atoms with Gasteiger partial charge in [-0.25, -0.2) is 4.98 Å². The van der Waals surface area contributed by atoms with E-state index in [1.807, 2.05) is 13.0 Å². The number of nitrogens with zero attached hydrogens (tertiary/aromatic N) is 1. The van der Waals surface area contributed by atoms with Crippen LogP contribution >= 0.6 is 0 Å². The second-order valence-electron chi connectivity index (χ2n) is 4.07. The van der Waals surface area contributed by atoms with Crippen LogP contribution in [0, 0.1) is 0 Å². The van der Waals surface area contributed by atoms with Crippen molar-refractivity contribution < 1.29 is 0 Å². The fraction of sp³-hybridized carbons (Fsp3) is 0.500. The fourth-order valence-electron chi connectivity index (χ4n) is 1.57. The molecule has 4 heteroatoms. The molecule has 1 aliphatic carbocycles. The molecule has 1 aliphatic rings. The van der Waals surface area contributed by atoms with Crippen molar-refractivity contribution in [2.24, 2.45) is 0 Å². The lowest BCUT2D eigenvalue weighted by molar-refractivity contribution is 0.901. The Balaban J connectivity index is 2.00. The average Bonchev–Trinajstić information content (AvgIpc) is 3.07. The molecule has 0 bridgehead atoms. The smallest absolute Gasteiger partial charge is 0.252 e. The Kier molecular flexibility index (Phi) is 3.39. The van der Waals surface area contributed by atoms with Gasteiger partial charge in [-0.3, -0.25) is 4.79 Å². The van der Waals surface area contributed by atoms with Gasteiger partial charge in [0.1, 0.15) is 11.6 Å². The molecule has 0 unspecified atom stereocenters. The third-order valence-corrected chi connectivity index (χ3v) is 2.58. The number of allylic oxidation sites excluding steroid dienone is 1. The summed E-state index contributed by atoms with van der Waals surface area (Å²) in [6.45, 7) is 2.81. The molecule has 86 valence electrons. The van der Waals surface area contributed by atoms with E-state index in [1.165, 1.54) is 6.07 Å². The van der Waals surface area contributed by atoms with Gasteiger partial charge < -0.3 is 10.3 Å². The first kappa shape index (κ1) is 10.9. The van der Waals surface area contributed by atoms with Crippen LogP contribution < -0.4 is 10.9 Å². The van der Waals surface area contributed by atoms with Crippen LogP contribution in [-0.2, 0) is 0 Å². The van der Waals surface area contributed by atoms with E-state index in [0.717, 1.165) is 31.6 Å². The summed E-state index contributed by atoms with van der Waals surface area (Å²) in [6, 6.07) is 1.52. The van der Waals surface area contributed by atoms with Gasteiger partial charge in [0.2, 0.25) is 0 Å². The topological polar surface area (TPSA) is 57.8 Å². The van der Waals surface area contributed by atoms with Crippen LogP contribution in [0.4, 0.5) is 5.82 Å². The first-order valence-electron chi connectivity index (χ1n) is 5.76. The van der Waals surface area contributed by atoms with Crippen LogP contribution in [0.3, 0.4) is 0 Å². The van der Waals surface area contributed by atoms with Crippen LogP contribution in [0.5, 0.6) is 0 Å². The van der Waals surface area contributed by atoms with Gasteiger partial charge in [0.15, 0.2) is 0 Å². The Hall–Kier alpha value is -1.58. The molecule has 2 rings (SSSR count). The van der Waals surface area contributed by atoms with E-state index < -0.39 is 0 Å². The van der Waals surface area contributed by atoms with E-state index in [4.69, 9.17) is 0 Å². The Morgan fingerprint density at radius 3 is 3.12 bits per heavy atom. The summed E-state index contributed by atoms with van der Waals surface area (Å²) in [5.74, 6) is 2.00. The highest BCUT2D eigenvalue weighted by molar-refractivity contribution is 5.33. The van der Waals surface area contributed by atoms with E-state index in [2.05, 4.69) is 21.4 Å². The maximum Gasteiger partial charge on any atom is 0.252 e. The molecule has 1 fully saturated rings. The van der Waals surface area contributed by atoms with Crippen LogP contribution in [0.2, 0.25) is 0 Å². The molecular formula is C12H17N3O. The average molecular weight is 219 g/mol. The quantitative estimate of drug-likeness (QED) is 0.588. The largest absolute Gasteiger partial charge is 0.370 e. The number of hydrogen-bond acceptors (Lipinski definition) is 3. The van der Waals surface area contributed by atoms with Gasteiger partial charge in [0.25, 0.3) is 5.56 Å². The third kappa shape index (κ3) is 2.95. The second-order valence-corrected chi connectivity index (χ2v) is 4.07. The number of hydrogen-bond donors (Lipinski definition) is 2. The minimum Gasteiger partial charge on any atom is -0.370 e. The molecule has 1 saturated carbocycles. The van der Waals surface area contributed by atoms with Gasteiger partial charge >= 0.3 is 0 Å². The predicted molar refractivity (Wildman–Crippen MR) is 64.8 cm³/mol. The molecule has 4 nitrogen and oxygen atoms in total. The maximum atomic E-state index is 11.4. The number of H-pyrrole nitrogens is 1. The summed E-state index contributed by atoms with van der Waals surface area (Å²) >= 11 is 0. The molecule has 0 radical (unpaired) electrons. The highest BCUT2D eigenvalue weighted by Crippen LogP contribution is 2.37. The molecule has 0 spiro atoms. The zero-order chi connectivity index (χ0) is 11.4. The lowest BCUT2D eigenvalue weighted by Crippen LogP contribution is -2.13. The molecule has 2 N–H and O–H groups in total. The van der Waals surface area contributed by atoms with Crippen LogP contribution in [-0.4, -0.2) is 16.5 Å². The Labute approximate surface area is 94.8 Å². The van der Waals surface area contributed by atoms with E-state index >= 15 is 0 Å². The summed E-state index contributed by atoms with van der Waals surface area (Å²) in [7, 11) is 0. The van der Waals surface area contributed by atoms with Gasteiger partial charge in [0.05, 0.1) is 0 Å². The maximum absolute atomic E-state index is 11.4. The standard InChI is InChI=1S/C12H17N3O/c1-2-3-4-7-13-10-8-11(16)15-12(14-10)9-5-6-9/h2-3,8-9H,4-7H2,1H3,(H2,13,14,15,16)/b3-2+. The Morgan fingerprint density at radius 1 is 1.62 bits per heavy atom. The monoisotopic (exact) mass is 219 g/mol. The summed E-state index contributed by atoms with van der Waals surface area (Å²) < 4.78 is 0. The molecule has 0 atom stereocenters. The molecule has 1 aromatic rings. The van der Waals surface area contributed by atoms with Gasteiger partial charge in [-0.2, -0.15) is 0 Å². The van der Waals surface area contributed by atoms with Crippen molar-refractivity contribution in [3.05, 3.63) is 34.4 Å². The summed E-state index contributed by atoms with van der Waals surface area (Å²) in [5, 5.41) is 3.16. The van der Waals surface area contributed by atoms with Crippen molar-refractivity contribution in [2.75, 3.05) is 11.9 Å². The van der Waals surface area contributed by atoms with Crippen molar-refractivity contribution >= 4 is 5.82 Å². The SMILES string of the molecule is C/C=C/CCNc1cc(=O)[nH]c(C2CC2)n1. The molecule has 0 aromatic carbocycles. The van der Waals surface area contributed by atoms with Crippen molar-refractivity contribution in [1.29, 1.82) is 0 Å². The van der Waals surface area contributed by atoms with Crippen molar-refractivity contribution in [1.82, 2.24) is 9.97 Å². The first-order chi connectivity index (χ1) is 7.79. The summed E-state index contributed by atoms with van der Waals surface area (Å²) in [4.78, 5) is 18.6. The van der Waals surface area contributed by atoms with Crippen molar-refractivity contribution in [3.63, 3.8) is 0 Å². The first-order valence-corrected chi connectivity index (χ1v) is 5.76. The van der Waals surface area contributed by atoms with Gasteiger partial charge in [-0.15, -0.1) is 0 Å². The third-order valence-electron chi connectivity index (χ3n) is 2.58. The van der Waals surface area contributed by atoms with Gasteiger partial charge in [0, 0.05) is 18.5 Å². The molecule has 1 heterocycles. The number of nitrogens with one attached hydrogen (secondary N) is 2. The predicted octanol–water partition coefficient (Wildman–Crippen LogP) is 2.03. The zero-order valence-electron chi connectivity index (χ0n) is 9.49. The van der Waals surface area contributed by atoms with Gasteiger partial charge in [-0.05, 0) is 26.2 Å². The van der Waals surface area contributed by atoms with Crippen molar-refractivity contribution in [2.45, 2.75) is 32.1 Å². The van der Waals surface area contributed by atoms with E-state index in [1.54, 1.807) is 0 Å². The highest BCUT2D eigenvalue weighted by Gasteiger charge is 2.26. The van der Waals surface area contributed by atoms with Crippen LogP contribution in [0.25, 0.3) is 0 Å². The zero-order valence-corrected chi connectivity index (χ0v) is 9.49. The Bertz CT molecular complexity index is 432. The lowest BCUT2D eigenvalue weighted by Gasteiger charge is -2.05. The molecule has 1 aromatic heterocycles. The number of rotatable bonds is 5. The number of aromatic amines is 1. The van der Waals surface area contributed by atoms with E-state index in [-0.39, 0.29) is 5.56 Å². The van der Waals surface area contributed by atoms with Crippen molar-refractivity contribution in [3.8, 4) is 0 Å². The van der Waals surface area contributed by atoms with Crippen LogP contribution in [0.1, 0.15) is 37.9 Å². The molecule has 0 aliphatic heterocycles. The minimum absolute atomic E-state index is 0.0644. The second kappa shape index (κ2) is 4.96. The normalized spacial score (nSPS) is 15.6. The molecular weight excluding hydrogens is 202 g/mol. The molecule has 16 heavy (non-hydrogen) atoms. The minimum atomic E-state index is -0.0644. The van der Waals surface area contributed by atoms with Crippen LogP contribution in [0.15, 0.2) is 23.0 Å². The summed E-state index contributed by atoms with van der Waals surface area (Å²) in [6.07, 6.45) is 7.34. The summed E-state index contributed by atoms with van der Waals surface area (Å²) in [5.41, 5.74) is -0.0644.